The summed E-state index contributed by atoms with van der Waals surface area (Å²) in [6, 6.07) is 6.44. The largest absolute Gasteiger partial charge is 0.426 e. The summed E-state index contributed by atoms with van der Waals surface area (Å²) in [6.07, 6.45) is 7.94. The van der Waals surface area contributed by atoms with Gasteiger partial charge in [0.2, 0.25) is 0 Å². The Bertz CT molecular complexity index is 613. The summed E-state index contributed by atoms with van der Waals surface area (Å²) in [4.78, 5) is 11.9. The molecule has 1 aromatic carbocycles. The van der Waals surface area contributed by atoms with Gasteiger partial charge in [-0.05, 0) is 61.3 Å². The molecule has 1 aromatic rings. The number of fused-ring (bicyclic) bond motifs is 4. The fourth-order valence-electron chi connectivity index (χ4n) is 4.44. The Balaban J connectivity index is 0.00000156. The number of esters is 1. The maximum absolute atomic E-state index is 11.9. The highest BCUT2D eigenvalue weighted by Crippen LogP contribution is 2.47. The van der Waals surface area contributed by atoms with Gasteiger partial charge in [0.15, 0.2) is 0 Å². The minimum Gasteiger partial charge on any atom is -0.426 e. The third kappa shape index (κ3) is 2.89. The summed E-state index contributed by atoms with van der Waals surface area (Å²) < 4.78 is 5.57. The molecule has 0 aromatic heterocycles. The van der Waals surface area contributed by atoms with Crippen molar-refractivity contribution < 1.29 is 9.53 Å². The Morgan fingerprint density at radius 3 is 2.78 bits per heavy atom. The van der Waals surface area contributed by atoms with Crippen LogP contribution in [-0.2, 0) is 16.6 Å². The predicted molar refractivity (Wildman–Crippen MR) is 93.0 cm³/mol. The Kier molecular flexibility index (Phi) is 4.45. The van der Waals surface area contributed by atoms with Crippen molar-refractivity contribution in [2.45, 2.75) is 63.3 Å². The normalized spacial score (nSPS) is 32.3. The first-order valence-corrected chi connectivity index (χ1v) is 8.68. The molecular weight excluding hydrogens is 310 g/mol. The van der Waals surface area contributed by atoms with Crippen molar-refractivity contribution >= 4 is 18.4 Å². The molecule has 2 bridgehead atoms. The van der Waals surface area contributed by atoms with Gasteiger partial charge in [-0.1, -0.05) is 25.8 Å². The van der Waals surface area contributed by atoms with Crippen LogP contribution < -0.4 is 10.5 Å². The van der Waals surface area contributed by atoms with Crippen LogP contribution in [0, 0.1) is 11.8 Å². The first-order chi connectivity index (χ1) is 10.6. The van der Waals surface area contributed by atoms with Gasteiger partial charge in [0.1, 0.15) is 5.75 Å². The second-order valence-electron chi connectivity index (χ2n) is 7.67. The van der Waals surface area contributed by atoms with Crippen LogP contribution >= 0.6 is 12.4 Å². The zero-order chi connectivity index (χ0) is 15.3. The Morgan fingerprint density at radius 1 is 1.26 bits per heavy atom. The van der Waals surface area contributed by atoms with Gasteiger partial charge in [0.05, 0.1) is 5.92 Å². The standard InChI is InChI=1S/C19H25NO2.ClH/c1-19-9-3-2-4-14(17(19)20)10-13-7-8-15(11-16(13)19)22-18(21)12-5-6-12;/h7-8,11-12,14,17H,2-6,9-10,20H2,1H3;1H/t14?,17-,19+;/m0./s1. The summed E-state index contributed by atoms with van der Waals surface area (Å²) in [7, 11) is 0. The summed E-state index contributed by atoms with van der Waals surface area (Å²) in [5, 5.41) is 0. The molecule has 3 aliphatic carbocycles. The molecule has 126 valence electrons. The van der Waals surface area contributed by atoms with E-state index < -0.39 is 0 Å². The van der Waals surface area contributed by atoms with Gasteiger partial charge >= 0.3 is 5.97 Å². The van der Waals surface area contributed by atoms with E-state index in [2.05, 4.69) is 19.1 Å². The summed E-state index contributed by atoms with van der Waals surface area (Å²) in [6.45, 7) is 2.31. The molecule has 3 nitrogen and oxygen atoms in total. The van der Waals surface area contributed by atoms with Gasteiger partial charge in [-0.2, -0.15) is 0 Å². The van der Waals surface area contributed by atoms with Gasteiger partial charge in [0, 0.05) is 11.5 Å². The topological polar surface area (TPSA) is 52.3 Å². The summed E-state index contributed by atoms with van der Waals surface area (Å²) in [5.74, 6) is 1.37. The number of hydrogen-bond donors (Lipinski definition) is 1. The van der Waals surface area contributed by atoms with E-state index in [1.807, 2.05) is 6.07 Å². The van der Waals surface area contributed by atoms with Crippen LogP contribution in [0.25, 0.3) is 0 Å². The zero-order valence-electron chi connectivity index (χ0n) is 13.7. The van der Waals surface area contributed by atoms with Crippen molar-refractivity contribution in [2.75, 3.05) is 0 Å². The molecule has 3 atom stereocenters. The predicted octanol–water partition coefficient (Wildman–Crippen LogP) is 3.76. The van der Waals surface area contributed by atoms with Crippen molar-refractivity contribution in [1.82, 2.24) is 0 Å². The van der Waals surface area contributed by atoms with Gasteiger partial charge in [-0.15, -0.1) is 12.4 Å². The quantitative estimate of drug-likeness (QED) is 0.661. The average Bonchev–Trinajstić information content (AvgIpc) is 3.34. The van der Waals surface area contributed by atoms with Crippen molar-refractivity contribution in [3.63, 3.8) is 0 Å². The highest BCUT2D eigenvalue weighted by atomic mass is 35.5. The van der Waals surface area contributed by atoms with Crippen LogP contribution in [0.2, 0.25) is 0 Å². The lowest BCUT2D eigenvalue weighted by Gasteiger charge is -2.44. The SMILES string of the molecule is C[C@@]12CCCCC(Cc3ccc(OC(=O)C4CC4)cc31)[C@@H]2N.Cl. The zero-order valence-corrected chi connectivity index (χ0v) is 14.5. The van der Waals surface area contributed by atoms with Crippen molar-refractivity contribution in [3.05, 3.63) is 29.3 Å². The fraction of sp³-hybridized carbons (Fsp3) is 0.632. The van der Waals surface area contributed by atoms with E-state index >= 15 is 0 Å². The lowest BCUT2D eigenvalue weighted by atomic mass is 9.63. The fourth-order valence-corrected chi connectivity index (χ4v) is 4.44. The molecule has 2 saturated carbocycles. The molecule has 2 N–H and O–H groups in total. The third-order valence-corrected chi connectivity index (χ3v) is 6.07. The van der Waals surface area contributed by atoms with Gasteiger partial charge in [-0.25, -0.2) is 0 Å². The van der Waals surface area contributed by atoms with E-state index in [0.29, 0.717) is 11.7 Å². The monoisotopic (exact) mass is 335 g/mol. The molecule has 0 heterocycles. The van der Waals surface area contributed by atoms with E-state index in [0.717, 1.165) is 25.7 Å². The third-order valence-electron chi connectivity index (χ3n) is 6.07. The highest BCUT2D eigenvalue weighted by molar-refractivity contribution is 5.85. The average molecular weight is 336 g/mol. The van der Waals surface area contributed by atoms with Crippen molar-refractivity contribution in [3.8, 4) is 5.75 Å². The van der Waals surface area contributed by atoms with Crippen molar-refractivity contribution in [2.24, 2.45) is 17.6 Å². The molecule has 0 radical (unpaired) electrons. The maximum atomic E-state index is 11.9. The second-order valence-corrected chi connectivity index (χ2v) is 7.67. The Hall–Kier alpha value is -1.06. The molecular formula is C19H26ClNO2. The van der Waals surface area contributed by atoms with Gasteiger partial charge < -0.3 is 10.5 Å². The smallest absolute Gasteiger partial charge is 0.314 e. The molecule has 3 aliphatic rings. The van der Waals surface area contributed by atoms with E-state index in [1.165, 1.54) is 30.4 Å². The minimum atomic E-state index is -0.0658. The van der Waals surface area contributed by atoms with Crippen LogP contribution in [0.4, 0.5) is 0 Å². The van der Waals surface area contributed by atoms with E-state index in [1.54, 1.807) is 0 Å². The molecule has 4 rings (SSSR count). The summed E-state index contributed by atoms with van der Waals surface area (Å²) >= 11 is 0. The van der Waals surface area contributed by atoms with Gasteiger partial charge in [0.25, 0.3) is 0 Å². The molecule has 0 spiro atoms. The van der Waals surface area contributed by atoms with Crippen molar-refractivity contribution in [1.29, 1.82) is 0 Å². The number of nitrogens with two attached hydrogens (primary N) is 1. The molecule has 2 fully saturated rings. The van der Waals surface area contributed by atoms with Crippen LogP contribution in [0.3, 0.4) is 0 Å². The first-order valence-electron chi connectivity index (χ1n) is 8.68. The second kappa shape index (κ2) is 6.10. The first kappa shape index (κ1) is 16.8. The number of benzene rings is 1. The van der Waals surface area contributed by atoms with E-state index in [4.69, 9.17) is 10.5 Å². The molecule has 0 amide bonds. The number of carbonyl (C=O) groups is 1. The van der Waals surface area contributed by atoms with Crippen LogP contribution in [-0.4, -0.2) is 12.0 Å². The minimum absolute atomic E-state index is 0. The number of carbonyl (C=O) groups excluding carboxylic acids is 1. The number of hydrogen-bond acceptors (Lipinski definition) is 3. The van der Waals surface area contributed by atoms with Crippen LogP contribution in [0.5, 0.6) is 5.75 Å². The lowest BCUT2D eigenvalue weighted by Crippen LogP contribution is -2.51. The van der Waals surface area contributed by atoms with Gasteiger partial charge in [-0.3, -0.25) is 4.79 Å². The Labute approximate surface area is 144 Å². The van der Waals surface area contributed by atoms with E-state index in [9.17, 15) is 4.79 Å². The molecule has 0 aliphatic heterocycles. The molecule has 4 heteroatoms. The molecule has 0 saturated heterocycles. The van der Waals surface area contributed by atoms with E-state index in [-0.39, 0.29) is 35.8 Å². The highest BCUT2D eigenvalue weighted by Gasteiger charge is 2.44. The lowest BCUT2D eigenvalue weighted by molar-refractivity contribution is -0.135. The number of rotatable bonds is 2. The molecule has 23 heavy (non-hydrogen) atoms. The molecule has 1 unspecified atom stereocenters. The van der Waals surface area contributed by atoms with Crippen LogP contribution in [0.1, 0.15) is 56.6 Å². The maximum Gasteiger partial charge on any atom is 0.314 e. The summed E-state index contributed by atoms with van der Waals surface area (Å²) in [5.41, 5.74) is 9.38. The number of halogens is 1. The van der Waals surface area contributed by atoms with Crippen LogP contribution in [0.15, 0.2) is 18.2 Å². The number of ether oxygens (including phenoxy) is 1. The Morgan fingerprint density at radius 2 is 2.04 bits per heavy atom.